The lowest BCUT2D eigenvalue weighted by atomic mass is 9.51. The van der Waals surface area contributed by atoms with Gasteiger partial charge in [-0.3, -0.25) is 9.97 Å². The Bertz CT molecular complexity index is 3570. The molecule has 14 rings (SSSR count). The van der Waals surface area contributed by atoms with E-state index in [1.165, 1.54) is 37.2 Å². The van der Waals surface area contributed by atoms with Gasteiger partial charge in [0.25, 0.3) is 12.0 Å². The van der Waals surface area contributed by atoms with Crippen LogP contribution in [0.2, 0.25) is 0 Å². The highest BCUT2D eigenvalue weighted by Gasteiger charge is 2.46. The predicted octanol–water partition coefficient (Wildman–Crippen LogP) is 13.4. The molecule has 0 radical (unpaired) electrons. The number of nitrogens with zero attached hydrogens (tertiary/aromatic N) is 5. The van der Waals surface area contributed by atoms with Crippen molar-refractivity contribution in [1.29, 1.82) is 0 Å². The van der Waals surface area contributed by atoms with Gasteiger partial charge in [-0.25, -0.2) is 0 Å². The minimum absolute atomic E-state index is 0.00145. The third-order valence-electron chi connectivity index (χ3n) is 13.8. The Kier molecular flexibility index (Phi) is 9.39. The SMILES string of the molecule is Cc1c2c(cc3c1N(c1ccccc1)c1cc(N(c4ccccc4)c4ccccc4)cc4c1B3Sc1ccncc1-4)B1Sc3ccncc3-c3cc(N(c4ccccc4)c4ccccc4)cc(c31)O2. The molecule has 6 nitrogen and oxygen atoms in total. The number of benzene rings is 8. The molecule has 4 aliphatic heterocycles. The first-order valence-electron chi connectivity index (χ1n) is 23.2. The summed E-state index contributed by atoms with van der Waals surface area (Å²) in [6.07, 6.45) is 7.93. The minimum Gasteiger partial charge on any atom is -0.458 e. The molecule has 0 amide bonds. The van der Waals surface area contributed by atoms with Gasteiger partial charge in [0.2, 0.25) is 0 Å². The van der Waals surface area contributed by atoms with Crippen molar-refractivity contribution < 1.29 is 4.74 Å². The van der Waals surface area contributed by atoms with Gasteiger partial charge in [0.05, 0.1) is 5.69 Å². The molecule has 0 N–H and O–H groups in total. The molecule has 0 saturated carbocycles. The molecule has 69 heavy (non-hydrogen) atoms. The fourth-order valence-corrected chi connectivity index (χ4v) is 13.6. The summed E-state index contributed by atoms with van der Waals surface area (Å²) < 4.78 is 7.50. The van der Waals surface area contributed by atoms with E-state index in [-0.39, 0.29) is 12.0 Å². The summed E-state index contributed by atoms with van der Waals surface area (Å²) in [5.41, 5.74) is 20.4. The van der Waals surface area contributed by atoms with E-state index in [1.54, 1.807) is 0 Å². The molecule has 0 spiro atoms. The Morgan fingerprint density at radius 1 is 0.464 bits per heavy atom. The summed E-state index contributed by atoms with van der Waals surface area (Å²) in [6, 6.07) is 69.7. The zero-order valence-corrected chi connectivity index (χ0v) is 39.0. The number of anilines is 9. The number of pyridine rings is 2. The maximum absolute atomic E-state index is 7.50. The van der Waals surface area contributed by atoms with Crippen LogP contribution in [-0.2, 0) is 0 Å². The van der Waals surface area contributed by atoms with E-state index in [9.17, 15) is 0 Å². The van der Waals surface area contributed by atoms with E-state index in [0.29, 0.717) is 0 Å². The minimum atomic E-state index is -0.0163. The van der Waals surface area contributed by atoms with Gasteiger partial charge in [-0.1, -0.05) is 97.1 Å². The van der Waals surface area contributed by atoms with Crippen molar-refractivity contribution >= 4 is 108 Å². The summed E-state index contributed by atoms with van der Waals surface area (Å²) in [5.74, 6) is 1.76. The summed E-state index contributed by atoms with van der Waals surface area (Å²) >= 11 is 3.84. The Balaban J connectivity index is 1.02. The average molecular weight is 920 g/mol. The number of hydrogen-bond donors (Lipinski definition) is 0. The van der Waals surface area contributed by atoms with Crippen molar-refractivity contribution in [2.75, 3.05) is 14.7 Å². The first-order valence-corrected chi connectivity index (χ1v) is 25.0. The summed E-state index contributed by atoms with van der Waals surface area (Å²) in [6.45, 7) is 2.27. The molecule has 0 fully saturated rings. The first kappa shape index (κ1) is 40.2. The van der Waals surface area contributed by atoms with Crippen molar-refractivity contribution in [3.05, 3.63) is 224 Å². The van der Waals surface area contributed by atoms with Gasteiger partial charge >= 0.3 is 0 Å². The molecular weight excluding hydrogens is 880 g/mol. The third-order valence-corrected chi connectivity index (χ3v) is 16.5. The lowest BCUT2D eigenvalue weighted by Gasteiger charge is -2.43. The van der Waals surface area contributed by atoms with E-state index < -0.39 is 0 Å². The fraction of sp³-hybridized carbons (Fsp3) is 0.0169. The number of fused-ring (bicyclic) bond motifs is 8. The smallest absolute Gasteiger partial charge is 0.289 e. The van der Waals surface area contributed by atoms with Crippen LogP contribution in [0.15, 0.2) is 229 Å². The zero-order chi connectivity index (χ0) is 45.6. The molecule has 324 valence electrons. The van der Waals surface area contributed by atoms with Crippen LogP contribution in [0, 0.1) is 6.92 Å². The van der Waals surface area contributed by atoms with Crippen LogP contribution in [0.25, 0.3) is 22.3 Å². The van der Waals surface area contributed by atoms with Gasteiger partial charge in [-0.15, -0.1) is 0 Å². The monoisotopic (exact) mass is 919 g/mol. The van der Waals surface area contributed by atoms with Crippen LogP contribution < -0.4 is 41.3 Å². The van der Waals surface area contributed by atoms with Crippen LogP contribution in [0.4, 0.5) is 51.2 Å². The van der Waals surface area contributed by atoms with Crippen molar-refractivity contribution in [2.24, 2.45) is 0 Å². The first-order chi connectivity index (χ1) is 34.2. The number of aromatic nitrogens is 2. The lowest BCUT2D eigenvalue weighted by molar-refractivity contribution is 0.484. The second-order valence-electron chi connectivity index (χ2n) is 17.7. The Labute approximate surface area is 410 Å². The normalized spacial score (nSPS) is 13.2. The van der Waals surface area contributed by atoms with E-state index in [2.05, 4.69) is 227 Å². The Morgan fingerprint density at radius 2 is 0.928 bits per heavy atom. The van der Waals surface area contributed by atoms with Crippen molar-refractivity contribution in [3.8, 4) is 33.8 Å². The van der Waals surface area contributed by atoms with Crippen molar-refractivity contribution in [2.45, 2.75) is 16.7 Å². The molecule has 2 aromatic heterocycles. The molecule has 0 saturated heterocycles. The van der Waals surface area contributed by atoms with Crippen LogP contribution in [-0.4, -0.2) is 22.0 Å². The van der Waals surface area contributed by atoms with Gasteiger partial charge in [0.15, 0.2) is 0 Å². The van der Waals surface area contributed by atoms with Crippen LogP contribution in [0.3, 0.4) is 0 Å². The second-order valence-corrected chi connectivity index (χ2v) is 20.0. The highest BCUT2D eigenvalue weighted by molar-refractivity contribution is 8.29. The van der Waals surface area contributed by atoms with Gasteiger partial charge in [-0.05, 0) is 131 Å². The number of ether oxygens (including phenoxy) is 1. The van der Waals surface area contributed by atoms with E-state index >= 15 is 0 Å². The average Bonchev–Trinajstić information content (AvgIpc) is 3.41. The van der Waals surface area contributed by atoms with E-state index in [4.69, 9.17) is 9.72 Å². The number of para-hydroxylation sites is 5. The quantitative estimate of drug-likeness (QED) is 0.147. The van der Waals surface area contributed by atoms with Crippen LogP contribution >= 0.6 is 23.2 Å². The fourth-order valence-electron chi connectivity index (χ4n) is 10.9. The topological polar surface area (TPSA) is 44.7 Å². The third kappa shape index (κ3) is 6.39. The molecule has 0 bridgehead atoms. The van der Waals surface area contributed by atoms with Crippen LogP contribution in [0.1, 0.15) is 5.56 Å². The zero-order valence-electron chi connectivity index (χ0n) is 37.4. The van der Waals surface area contributed by atoms with Crippen molar-refractivity contribution in [3.63, 3.8) is 0 Å². The van der Waals surface area contributed by atoms with E-state index in [0.717, 1.165) is 84.9 Å². The standard InChI is InChI=1S/C59H39B2N5OS2/c1-38-58-50(35-51-59(38)67-53-34-45(32-47-49-37-63-30-28-55(49)69-61(51)57(47)53)65(41-21-11-4-12-22-41)42-23-13-5-14-24-42)60-56-46(48-36-62-29-27-54(48)68-60)31-44(33-52(56)66(58)43-25-15-6-16-26-43)64(39-17-7-2-8-18-39)40-19-9-3-10-20-40/h2-37H,1H3. The molecule has 4 aliphatic rings. The molecular formula is C59H39B2N5OS2. The maximum Gasteiger partial charge on any atom is 0.289 e. The molecule has 8 aromatic carbocycles. The lowest BCUT2D eigenvalue weighted by Crippen LogP contribution is -2.54. The molecule has 6 heterocycles. The predicted molar refractivity (Wildman–Crippen MR) is 290 cm³/mol. The summed E-state index contributed by atoms with van der Waals surface area (Å²) in [4.78, 5) is 19.1. The molecule has 0 atom stereocenters. The van der Waals surface area contributed by atoms with Crippen LogP contribution in [0.5, 0.6) is 11.5 Å². The van der Waals surface area contributed by atoms with Crippen molar-refractivity contribution in [1.82, 2.24) is 9.97 Å². The molecule has 10 aromatic rings. The summed E-state index contributed by atoms with van der Waals surface area (Å²) in [5, 5.41) is 0. The van der Waals surface area contributed by atoms with E-state index in [1.807, 2.05) is 41.8 Å². The van der Waals surface area contributed by atoms with Gasteiger partial charge in [0, 0.05) is 103 Å². The van der Waals surface area contributed by atoms with Gasteiger partial charge < -0.3 is 19.4 Å². The van der Waals surface area contributed by atoms with Gasteiger partial charge in [0.1, 0.15) is 11.5 Å². The summed E-state index contributed by atoms with van der Waals surface area (Å²) in [7, 11) is 0. The Morgan fingerprint density at radius 3 is 1.45 bits per heavy atom. The molecule has 0 aliphatic carbocycles. The highest BCUT2D eigenvalue weighted by Crippen LogP contribution is 2.53. The molecule has 0 unspecified atom stereocenters. The number of rotatable bonds is 7. The Hall–Kier alpha value is -7.91. The molecule has 10 heteroatoms. The maximum atomic E-state index is 7.50. The second kappa shape index (κ2) is 16.1. The van der Waals surface area contributed by atoms with Gasteiger partial charge in [-0.2, -0.15) is 23.2 Å². The number of hydrogen-bond acceptors (Lipinski definition) is 8. The highest BCUT2D eigenvalue weighted by atomic mass is 32.2. The largest absolute Gasteiger partial charge is 0.458 e.